The van der Waals surface area contributed by atoms with Crippen LogP contribution in [0.15, 0.2) is 0 Å². The lowest BCUT2D eigenvalue weighted by Gasteiger charge is -2.03. The van der Waals surface area contributed by atoms with Gasteiger partial charge in [0.25, 0.3) is 0 Å². The molecule has 0 unspecified atom stereocenters. The fraction of sp³-hybridized carbons (Fsp3) is 0.857. The third-order valence-corrected chi connectivity index (χ3v) is 1.30. The maximum Gasteiger partial charge on any atom is 0.210 e. The quantitative estimate of drug-likeness (QED) is 0.434. The number of rotatable bonds is 6. The lowest BCUT2D eigenvalue weighted by molar-refractivity contribution is -0.108. The molecule has 1 N–H and O–H groups in total. The van der Waals surface area contributed by atoms with E-state index in [0.717, 1.165) is 25.5 Å². The van der Waals surface area contributed by atoms with Crippen LogP contribution in [0.5, 0.6) is 0 Å². The zero-order valence-corrected chi connectivity index (χ0v) is 5.80. The molecule has 0 rings (SSSR count). The molecule has 0 aliphatic heterocycles. The summed E-state index contributed by atoms with van der Waals surface area (Å²) in [4.78, 5) is 9.88. The predicted octanol–water partition coefficient (Wildman–Crippen LogP) is 1.13. The van der Waals surface area contributed by atoms with Crippen molar-refractivity contribution in [3.8, 4) is 0 Å². The Morgan fingerprint density at radius 1 is 1.89 bits per heavy atom. The van der Waals surface area contributed by atoms with Crippen molar-refractivity contribution in [2.75, 3.05) is 0 Å². The molecule has 0 aromatic rings. The third kappa shape index (κ3) is 5.50. The lowest BCUT2D eigenvalue weighted by Crippen LogP contribution is -2.03. The first kappa shape index (κ1) is 6.75. The molecule has 2 nitrogen and oxygen atoms in total. The van der Waals surface area contributed by atoms with Gasteiger partial charge in [0, 0.05) is 6.42 Å². The number of aliphatic hydroxyl groups excluding tert-OH is 1. The van der Waals surface area contributed by atoms with Gasteiger partial charge in [-0.1, -0.05) is 6.92 Å². The van der Waals surface area contributed by atoms with Gasteiger partial charge in [0.05, 0.1) is 6.10 Å². The molecule has 0 saturated carbocycles. The summed E-state index contributed by atoms with van der Waals surface area (Å²) >= 11 is 0. The SMILES string of the molecule is [3H]O[C@@H](CC)CCCC=O. The molecule has 1 atom stereocenters. The van der Waals surface area contributed by atoms with Crippen molar-refractivity contribution >= 4 is 6.29 Å². The van der Waals surface area contributed by atoms with E-state index in [9.17, 15) is 4.79 Å². The molecule has 0 aromatic carbocycles. The Labute approximate surface area is 57.4 Å². The Balaban J connectivity index is 3.16. The van der Waals surface area contributed by atoms with E-state index in [1.165, 1.54) is 0 Å². The van der Waals surface area contributed by atoms with Crippen LogP contribution in [0.3, 0.4) is 0 Å². The van der Waals surface area contributed by atoms with E-state index in [2.05, 4.69) is 5.11 Å². The molecule has 0 aliphatic rings. The molecule has 0 aliphatic carbocycles. The Kier molecular flexibility index (Phi) is 4.32. The third-order valence-electron chi connectivity index (χ3n) is 1.30. The largest absolute Gasteiger partial charge is 0.393 e. The van der Waals surface area contributed by atoms with E-state index < -0.39 is 0 Å². The zero-order valence-electron chi connectivity index (χ0n) is 6.80. The smallest absolute Gasteiger partial charge is 0.210 e. The standard InChI is InChI=1S/C7H14O2/c1-2-7(9)5-3-4-6-8/h6-7,9H,2-5H2,1H3/t7-/m0/s1/i9T. The number of hydrogen-bond acceptors (Lipinski definition) is 2. The molecule has 0 aromatic heterocycles. The highest BCUT2D eigenvalue weighted by Gasteiger charge is 1.97. The summed E-state index contributed by atoms with van der Waals surface area (Å²) in [7, 11) is 0. The van der Waals surface area contributed by atoms with E-state index in [1.807, 2.05) is 6.92 Å². The zero-order chi connectivity index (χ0) is 7.82. The molecule has 0 spiro atoms. The van der Waals surface area contributed by atoms with Crippen LogP contribution in [0.25, 0.3) is 0 Å². The first-order valence-electron chi connectivity index (χ1n) is 3.81. The Hall–Kier alpha value is -0.370. The van der Waals surface area contributed by atoms with Gasteiger partial charge in [-0.25, -0.2) is 0 Å². The maximum atomic E-state index is 9.88. The molecule has 0 heterocycles. The number of aliphatic hydroxyl groups is 1. The van der Waals surface area contributed by atoms with Crippen molar-refractivity contribution in [1.29, 1.82) is 1.43 Å². The van der Waals surface area contributed by atoms with Crippen molar-refractivity contribution in [2.45, 2.75) is 38.7 Å². The van der Waals surface area contributed by atoms with Crippen LogP contribution < -0.4 is 0 Å². The number of carbonyl (C=O) groups is 1. The first-order chi connectivity index (χ1) is 4.85. The van der Waals surface area contributed by atoms with Crippen LogP contribution in [0, 0.1) is 0 Å². The summed E-state index contributed by atoms with van der Waals surface area (Å²) in [6.07, 6.45) is 4.00. The van der Waals surface area contributed by atoms with Gasteiger partial charge in [-0.3, -0.25) is 0 Å². The fourth-order valence-corrected chi connectivity index (χ4v) is 0.633. The normalized spacial score (nSPS) is 14.6. The second-order valence-electron chi connectivity index (χ2n) is 2.13. The van der Waals surface area contributed by atoms with Gasteiger partial charge in [0.1, 0.15) is 6.29 Å². The highest BCUT2D eigenvalue weighted by atomic mass is 16.3. The number of hydrogen-bond donors (Lipinski definition) is 1. The van der Waals surface area contributed by atoms with Crippen molar-refractivity contribution in [3.05, 3.63) is 0 Å². The summed E-state index contributed by atoms with van der Waals surface area (Å²) in [5.41, 5.74) is 0. The molecule has 2 heteroatoms. The minimum absolute atomic E-state index is 0.0138. The number of unbranched alkanes of at least 4 members (excludes halogenated alkanes) is 1. The summed E-state index contributed by atoms with van der Waals surface area (Å²) in [5.74, 6) is 0. The molecule has 0 radical (unpaired) electrons. The molecule has 0 bridgehead atoms. The van der Waals surface area contributed by atoms with E-state index in [-0.39, 0.29) is 6.10 Å². The van der Waals surface area contributed by atoms with E-state index in [0.29, 0.717) is 6.42 Å². The van der Waals surface area contributed by atoms with Gasteiger partial charge < -0.3 is 9.90 Å². The van der Waals surface area contributed by atoms with E-state index in [4.69, 9.17) is 1.43 Å². The molecular formula is C7H14O2. The van der Waals surface area contributed by atoms with Crippen molar-refractivity contribution < 1.29 is 9.90 Å². The van der Waals surface area contributed by atoms with Crippen LogP contribution in [0.4, 0.5) is 0 Å². The van der Waals surface area contributed by atoms with Crippen LogP contribution in [-0.2, 0) is 4.79 Å². The molecule has 0 saturated heterocycles. The highest BCUT2D eigenvalue weighted by Crippen LogP contribution is 2.01. The van der Waals surface area contributed by atoms with Gasteiger partial charge >= 0.3 is 0 Å². The van der Waals surface area contributed by atoms with Gasteiger partial charge in [-0.05, 0) is 19.3 Å². The van der Waals surface area contributed by atoms with E-state index in [1.54, 1.807) is 0 Å². The van der Waals surface area contributed by atoms with Gasteiger partial charge in [-0.2, -0.15) is 0 Å². The second kappa shape index (κ2) is 5.76. The summed E-state index contributed by atoms with van der Waals surface area (Å²) in [5, 5.41) is 4.38. The maximum absolute atomic E-state index is 9.88. The van der Waals surface area contributed by atoms with Crippen molar-refractivity contribution in [2.24, 2.45) is 0 Å². The monoisotopic (exact) mass is 132 g/mol. The van der Waals surface area contributed by atoms with Gasteiger partial charge in [-0.15, -0.1) is 0 Å². The Morgan fingerprint density at radius 2 is 2.67 bits per heavy atom. The molecule has 0 fully saturated rings. The molecular weight excluding hydrogens is 116 g/mol. The molecule has 0 amide bonds. The minimum Gasteiger partial charge on any atom is -0.393 e. The first-order valence-corrected chi connectivity index (χ1v) is 3.40. The summed E-state index contributed by atoms with van der Waals surface area (Å²) in [6.45, 7) is 1.97. The van der Waals surface area contributed by atoms with Crippen molar-refractivity contribution in [3.63, 3.8) is 0 Å². The minimum atomic E-state index is 0.0138. The average molecular weight is 132 g/mol. The Morgan fingerprint density at radius 3 is 3.11 bits per heavy atom. The van der Waals surface area contributed by atoms with Gasteiger partial charge in [0.2, 0.25) is 1.43 Å². The average Bonchev–Trinajstić information content (AvgIpc) is 1.99. The number of carbonyl (C=O) groups excluding carboxylic acids is 1. The van der Waals surface area contributed by atoms with Crippen LogP contribution >= 0.6 is 0 Å². The Bertz CT molecular complexity index is 81.7. The lowest BCUT2D eigenvalue weighted by atomic mass is 10.1. The van der Waals surface area contributed by atoms with Crippen LogP contribution in [0.1, 0.15) is 32.6 Å². The van der Waals surface area contributed by atoms with Crippen LogP contribution in [0.2, 0.25) is 0 Å². The fourth-order valence-electron chi connectivity index (χ4n) is 0.633. The number of aldehydes is 1. The predicted molar refractivity (Wildman–Crippen MR) is 36.2 cm³/mol. The summed E-state index contributed by atoms with van der Waals surface area (Å²) in [6, 6.07) is 0. The molecule has 9 heavy (non-hydrogen) atoms. The van der Waals surface area contributed by atoms with Crippen LogP contribution in [-0.4, -0.2) is 18.9 Å². The molecule has 54 valence electrons. The topological polar surface area (TPSA) is 37.3 Å². The summed E-state index contributed by atoms with van der Waals surface area (Å²) < 4.78 is 6.61. The van der Waals surface area contributed by atoms with E-state index >= 15 is 0 Å². The second-order valence-corrected chi connectivity index (χ2v) is 2.13. The van der Waals surface area contributed by atoms with Crippen molar-refractivity contribution in [1.82, 2.24) is 0 Å². The van der Waals surface area contributed by atoms with Gasteiger partial charge in [0.15, 0.2) is 0 Å². The highest BCUT2D eigenvalue weighted by molar-refractivity contribution is 5.48.